The van der Waals surface area contributed by atoms with E-state index in [0.29, 0.717) is 5.75 Å². The predicted molar refractivity (Wildman–Crippen MR) is 59.4 cm³/mol. The fourth-order valence-electron chi connectivity index (χ4n) is 1.57. The number of nitrogens with one attached hydrogen (secondary N) is 1. The predicted octanol–water partition coefficient (Wildman–Crippen LogP) is 2.84. The van der Waals surface area contributed by atoms with E-state index in [9.17, 15) is 5.11 Å². The number of benzene rings is 1. The van der Waals surface area contributed by atoms with Crippen LogP contribution in [-0.2, 0) is 0 Å². The normalized spacial score (nSPS) is 12.7. The standard InChI is InChI=1S/C12H19NO/c1-3-9-13-11(4-2)10-7-5-6-8-12(10)14/h5-8,11,13-14H,3-4,9H2,1-2H3/t11-/m0/s1. The largest absolute Gasteiger partial charge is 0.508 e. The minimum absolute atomic E-state index is 0.274. The third-order valence-corrected chi connectivity index (χ3v) is 2.36. The Hall–Kier alpha value is -1.02. The van der Waals surface area contributed by atoms with Gasteiger partial charge in [-0.15, -0.1) is 0 Å². The van der Waals surface area contributed by atoms with Gasteiger partial charge in [-0.1, -0.05) is 32.0 Å². The van der Waals surface area contributed by atoms with Gasteiger partial charge in [0, 0.05) is 11.6 Å². The van der Waals surface area contributed by atoms with Crippen LogP contribution in [0.1, 0.15) is 38.3 Å². The lowest BCUT2D eigenvalue weighted by Gasteiger charge is -2.17. The molecule has 0 bridgehead atoms. The zero-order chi connectivity index (χ0) is 10.4. The van der Waals surface area contributed by atoms with Crippen LogP contribution in [0.15, 0.2) is 24.3 Å². The Morgan fingerprint density at radius 2 is 2.00 bits per heavy atom. The first-order chi connectivity index (χ1) is 6.79. The number of hydrogen-bond acceptors (Lipinski definition) is 2. The molecule has 2 nitrogen and oxygen atoms in total. The lowest BCUT2D eigenvalue weighted by Crippen LogP contribution is -2.21. The number of phenols is 1. The van der Waals surface area contributed by atoms with E-state index in [2.05, 4.69) is 19.2 Å². The van der Waals surface area contributed by atoms with Crippen LogP contribution in [0.3, 0.4) is 0 Å². The lowest BCUT2D eigenvalue weighted by molar-refractivity contribution is 0.441. The Morgan fingerprint density at radius 3 is 2.57 bits per heavy atom. The van der Waals surface area contributed by atoms with Crippen molar-refractivity contribution in [1.29, 1.82) is 0 Å². The molecule has 0 heterocycles. The summed E-state index contributed by atoms with van der Waals surface area (Å²) >= 11 is 0. The van der Waals surface area contributed by atoms with Gasteiger partial charge in [-0.25, -0.2) is 0 Å². The van der Waals surface area contributed by atoms with Crippen molar-refractivity contribution < 1.29 is 5.11 Å². The van der Waals surface area contributed by atoms with E-state index in [-0.39, 0.29) is 6.04 Å². The van der Waals surface area contributed by atoms with E-state index in [0.717, 1.165) is 24.9 Å². The maximum atomic E-state index is 9.67. The molecule has 0 aromatic heterocycles. The van der Waals surface area contributed by atoms with Crippen LogP contribution in [0.4, 0.5) is 0 Å². The van der Waals surface area contributed by atoms with Gasteiger partial charge in [0.25, 0.3) is 0 Å². The van der Waals surface area contributed by atoms with Gasteiger partial charge in [-0.05, 0) is 25.5 Å². The highest BCUT2D eigenvalue weighted by Crippen LogP contribution is 2.25. The first kappa shape index (κ1) is 11.1. The van der Waals surface area contributed by atoms with Gasteiger partial charge < -0.3 is 10.4 Å². The Balaban J connectivity index is 2.73. The maximum absolute atomic E-state index is 9.67. The summed E-state index contributed by atoms with van der Waals surface area (Å²) in [4.78, 5) is 0. The third-order valence-electron chi connectivity index (χ3n) is 2.36. The molecule has 14 heavy (non-hydrogen) atoms. The van der Waals surface area contributed by atoms with Crippen molar-refractivity contribution in [3.8, 4) is 5.75 Å². The number of aromatic hydroxyl groups is 1. The first-order valence-electron chi connectivity index (χ1n) is 5.30. The summed E-state index contributed by atoms with van der Waals surface area (Å²) in [7, 11) is 0. The van der Waals surface area contributed by atoms with Crippen molar-refractivity contribution in [3.05, 3.63) is 29.8 Å². The number of rotatable bonds is 5. The van der Waals surface area contributed by atoms with Gasteiger partial charge in [0.15, 0.2) is 0 Å². The molecular weight excluding hydrogens is 174 g/mol. The Morgan fingerprint density at radius 1 is 1.29 bits per heavy atom. The van der Waals surface area contributed by atoms with Crippen LogP contribution < -0.4 is 5.32 Å². The van der Waals surface area contributed by atoms with Gasteiger partial charge in [0.05, 0.1) is 0 Å². The number of para-hydroxylation sites is 1. The molecule has 1 atom stereocenters. The molecule has 0 saturated heterocycles. The van der Waals surface area contributed by atoms with Crippen molar-refractivity contribution in [3.63, 3.8) is 0 Å². The van der Waals surface area contributed by atoms with Crippen molar-refractivity contribution in [2.24, 2.45) is 0 Å². The summed E-state index contributed by atoms with van der Waals surface area (Å²) in [5.41, 5.74) is 1.00. The molecule has 0 radical (unpaired) electrons. The quantitative estimate of drug-likeness (QED) is 0.753. The van der Waals surface area contributed by atoms with E-state index < -0.39 is 0 Å². The second-order valence-electron chi connectivity index (χ2n) is 3.47. The minimum Gasteiger partial charge on any atom is -0.508 e. The Bertz CT molecular complexity index is 273. The molecule has 0 aliphatic heterocycles. The van der Waals surface area contributed by atoms with Crippen molar-refractivity contribution >= 4 is 0 Å². The molecule has 2 N–H and O–H groups in total. The van der Waals surface area contributed by atoms with E-state index in [4.69, 9.17) is 0 Å². The van der Waals surface area contributed by atoms with Gasteiger partial charge in [0.1, 0.15) is 5.75 Å². The van der Waals surface area contributed by atoms with E-state index >= 15 is 0 Å². The Kier molecular flexibility index (Phi) is 4.47. The van der Waals surface area contributed by atoms with Crippen LogP contribution in [0, 0.1) is 0 Å². The smallest absolute Gasteiger partial charge is 0.120 e. The second kappa shape index (κ2) is 5.66. The molecule has 0 aliphatic carbocycles. The zero-order valence-electron chi connectivity index (χ0n) is 8.96. The molecule has 0 saturated carbocycles. The van der Waals surface area contributed by atoms with Gasteiger partial charge >= 0.3 is 0 Å². The molecule has 2 heteroatoms. The lowest BCUT2D eigenvalue weighted by atomic mass is 10.0. The van der Waals surface area contributed by atoms with Crippen LogP contribution >= 0.6 is 0 Å². The molecule has 0 unspecified atom stereocenters. The highest BCUT2D eigenvalue weighted by Gasteiger charge is 2.10. The summed E-state index contributed by atoms with van der Waals surface area (Å²) in [6, 6.07) is 7.81. The SMILES string of the molecule is CCCN[C@@H](CC)c1ccccc1O. The molecule has 1 rings (SSSR count). The molecule has 0 aliphatic rings. The second-order valence-corrected chi connectivity index (χ2v) is 3.47. The van der Waals surface area contributed by atoms with Crippen molar-refractivity contribution in [1.82, 2.24) is 5.32 Å². The van der Waals surface area contributed by atoms with E-state index in [1.54, 1.807) is 6.07 Å². The van der Waals surface area contributed by atoms with Crippen molar-refractivity contribution in [2.75, 3.05) is 6.54 Å². The summed E-state index contributed by atoms with van der Waals surface area (Å²) in [6.07, 6.45) is 2.11. The summed E-state index contributed by atoms with van der Waals surface area (Å²) in [5.74, 6) is 0.392. The molecular formula is C12H19NO. The molecule has 1 aromatic carbocycles. The summed E-state index contributed by atoms with van der Waals surface area (Å²) in [5, 5.41) is 13.1. The molecule has 1 aromatic rings. The molecule has 0 amide bonds. The molecule has 0 spiro atoms. The highest BCUT2D eigenvalue weighted by atomic mass is 16.3. The van der Waals surface area contributed by atoms with Crippen LogP contribution in [0.5, 0.6) is 5.75 Å². The fourth-order valence-corrected chi connectivity index (χ4v) is 1.57. The van der Waals surface area contributed by atoms with Crippen LogP contribution in [0.25, 0.3) is 0 Å². The zero-order valence-corrected chi connectivity index (χ0v) is 8.96. The van der Waals surface area contributed by atoms with E-state index in [1.165, 1.54) is 0 Å². The average Bonchev–Trinajstić information content (AvgIpc) is 2.21. The van der Waals surface area contributed by atoms with Gasteiger partial charge in [-0.3, -0.25) is 0 Å². The monoisotopic (exact) mass is 193 g/mol. The Labute approximate surface area is 86.0 Å². The van der Waals surface area contributed by atoms with Gasteiger partial charge in [-0.2, -0.15) is 0 Å². The van der Waals surface area contributed by atoms with Crippen molar-refractivity contribution in [2.45, 2.75) is 32.7 Å². The molecule has 78 valence electrons. The maximum Gasteiger partial charge on any atom is 0.120 e. The fraction of sp³-hybridized carbons (Fsp3) is 0.500. The first-order valence-corrected chi connectivity index (χ1v) is 5.30. The average molecular weight is 193 g/mol. The topological polar surface area (TPSA) is 32.3 Å². The highest BCUT2D eigenvalue weighted by molar-refractivity contribution is 5.34. The van der Waals surface area contributed by atoms with Crippen LogP contribution in [0.2, 0.25) is 0 Å². The summed E-state index contributed by atoms with van der Waals surface area (Å²) < 4.78 is 0. The number of phenolic OH excluding ortho intramolecular Hbond substituents is 1. The third kappa shape index (κ3) is 2.74. The summed E-state index contributed by atoms with van der Waals surface area (Å²) in [6.45, 7) is 5.26. The number of hydrogen-bond donors (Lipinski definition) is 2. The van der Waals surface area contributed by atoms with Crippen LogP contribution in [-0.4, -0.2) is 11.7 Å². The van der Waals surface area contributed by atoms with Gasteiger partial charge in [0.2, 0.25) is 0 Å². The minimum atomic E-state index is 0.274. The molecule has 0 fully saturated rings. The van der Waals surface area contributed by atoms with E-state index in [1.807, 2.05) is 18.2 Å².